The van der Waals surface area contributed by atoms with E-state index in [0.717, 1.165) is 0 Å². The van der Waals surface area contributed by atoms with Gasteiger partial charge < -0.3 is 0 Å². The van der Waals surface area contributed by atoms with E-state index in [1.165, 1.54) is 6.08 Å². The Morgan fingerprint density at radius 2 is 2.14 bits per heavy atom. The molecule has 0 bridgehead atoms. The lowest BCUT2D eigenvalue weighted by atomic mass is 10.6. The zero-order valence-corrected chi connectivity index (χ0v) is 5.35. The summed E-state index contributed by atoms with van der Waals surface area (Å²) in [6.07, 6.45) is 3.16. The molecule has 0 aromatic rings. The van der Waals surface area contributed by atoms with Gasteiger partial charge in [0.05, 0.1) is 0 Å². The molecule has 42 valence electrons. The van der Waals surface area contributed by atoms with Gasteiger partial charge in [0.1, 0.15) is 0 Å². The Hall–Kier alpha value is -0.183. The predicted octanol–water partition coefficient (Wildman–Crippen LogP) is 1.72. The van der Waals surface area contributed by atoms with Crippen LogP contribution in [0.2, 0.25) is 6.04 Å². The van der Waals surface area contributed by atoms with E-state index in [9.17, 15) is 8.22 Å². The summed E-state index contributed by atoms with van der Waals surface area (Å²) in [5, 5.41) is 0. The fourth-order valence-corrected chi connectivity index (χ4v) is 0.717. The smallest absolute Gasteiger partial charge is 0.274 e. The van der Waals surface area contributed by atoms with E-state index in [4.69, 9.17) is 0 Å². The molecule has 0 heterocycles. The zero-order chi connectivity index (χ0) is 5.70. The molecule has 3 heteroatoms. The Kier molecular flexibility index (Phi) is 3.88. The SMILES string of the molecule is CC=CC[SiH](F)F. The predicted molar refractivity (Wildman–Crippen MR) is 29.0 cm³/mol. The van der Waals surface area contributed by atoms with Crippen LogP contribution >= 0.6 is 0 Å². The summed E-state index contributed by atoms with van der Waals surface area (Å²) in [4.78, 5) is 0. The van der Waals surface area contributed by atoms with Gasteiger partial charge in [-0.2, -0.15) is 0 Å². The second kappa shape index (κ2) is 3.99. The number of rotatable bonds is 2. The molecule has 0 amide bonds. The van der Waals surface area contributed by atoms with Gasteiger partial charge >= 0.3 is 9.46 Å². The van der Waals surface area contributed by atoms with Crippen molar-refractivity contribution in [1.29, 1.82) is 0 Å². The Bertz CT molecular complexity index is 60.7. The molecule has 0 nitrogen and oxygen atoms in total. The van der Waals surface area contributed by atoms with Crippen molar-refractivity contribution in [2.75, 3.05) is 0 Å². The maximum atomic E-state index is 11.3. The van der Waals surface area contributed by atoms with Gasteiger partial charge in [-0.15, -0.1) is 0 Å². The molecule has 0 saturated heterocycles. The molecule has 0 aromatic carbocycles. The van der Waals surface area contributed by atoms with Gasteiger partial charge in [0.2, 0.25) is 0 Å². The third-order valence-corrected chi connectivity index (χ3v) is 1.18. The molecule has 0 aromatic heterocycles. The first-order chi connectivity index (χ1) is 3.27. The minimum atomic E-state index is -3.27. The van der Waals surface area contributed by atoms with Crippen LogP contribution in [-0.4, -0.2) is 9.46 Å². The minimum absolute atomic E-state index is 0.0243. The van der Waals surface area contributed by atoms with Crippen LogP contribution < -0.4 is 0 Å². The van der Waals surface area contributed by atoms with Gasteiger partial charge in [0.15, 0.2) is 0 Å². The Morgan fingerprint density at radius 1 is 1.57 bits per heavy atom. The molecule has 0 N–H and O–H groups in total. The van der Waals surface area contributed by atoms with Crippen LogP contribution in [-0.2, 0) is 0 Å². The molecular weight excluding hydrogens is 114 g/mol. The lowest BCUT2D eigenvalue weighted by Crippen LogP contribution is -1.90. The quantitative estimate of drug-likeness (QED) is 0.297. The van der Waals surface area contributed by atoms with Crippen LogP contribution in [0.5, 0.6) is 0 Å². The maximum Gasteiger partial charge on any atom is 0.415 e. The molecule has 0 saturated carbocycles. The normalized spacial score (nSPS) is 11.4. The van der Waals surface area contributed by atoms with E-state index in [1.807, 2.05) is 0 Å². The van der Waals surface area contributed by atoms with Crippen molar-refractivity contribution in [2.24, 2.45) is 0 Å². The second-order valence-corrected chi connectivity index (χ2v) is 2.45. The lowest BCUT2D eigenvalue weighted by molar-refractivity contribution is 0.663. The average molecular weight is 122 g/mol. The zero-order valence-electron chi connectivity index (χ0n) is 4.20. The summed E-state index contributed by atoms with van der Waals surface area (Å²) in [5.74, 6) is 0. The summed E-state index contributed by atoms with van der Waals surface area (Å²) in [5.41, 5.74) is 0. The molecule has 0 aliphatic rings. The summed E-state index contributed by atoms with van der Waals surface area (Å²) >= 11 is 0. The first-order valence-corrected chi connectivity index (χ1v) is 3.85. The van der Waals surface area contributed by atoms with E-state index in [2.05, 4.69) is 0 Å². The van der Waals surface area contributed by atoms with Gasteiger partial charge in [-0.05, 0) is 6.92 Å². The van der Waals surface area contributed by atoms with Gasteiger partial charge in [0, 0.05) is 6.04 Å². The molecule has 0 aliphatic heterocycles. The monoisotopic (exact) mass is 122 g/mol. The topological polar surface area (TPSA) is 0 Å². The van der Waals surface area contributed by atoms with Crippen molar-refractivity contribution in [1.82, 2.24) is 0 Å². The van der Waals surface area contributed by atoms with Gasteiger partial charge in [-0.1, -0.05) is 12.2 Å². The second-order valence-electron chi connectivity index (χ2n) is 1.20. The fraction of sp³-hybridized carbons (Fsp3) is 0.500. The highest BCUT2D eigenvalue weighted by Crippen LogP contribution is 1.94. The van der Waals surface area contributed by atoms with Gasteiger partial charge in [0.25, 0.3) is 0 Å². The maximum absolute atomic E-state index is 11.3. The molecule has 7 heavy (non-hydrogen) atoms. The highest BCUT2D eigenvalue weighted by Gasteiger charge is 2.00. The molecular formula is C4H8F2Si. The Balaban J connectivity index is 2.97. The van der Waals surface area contributed by atoms with E-state index in [0.29, 0.717) is 0 Å². The van der Waals surface area contributed by atoms with Crippen LogP contribution in [0.15, 0.2) is 12.2 Å². The molecule has 0 spiro atoms. The van der Waals surface area contributed by atoms with E-state index < -0.39 is 9.46 Å². The standard InChI is InChI=1S/C4H8F2Si/c1-2-3-4-7(5)6/h2-3,7H,4H2,1H3. The number of allylic oxidation sites excluding steroid dienone is 2. The van der Waals surface area contributed by atoms with Crippen LogP contribution in [0.1, 0.15) is 6.92 Å². The molecule has 0 unspecified atom stereocenters. The first kappa shape index (κ1) is 6.82. The van der Waals surface area contributed by atoms with Crippen molar-refractivity contribution < 1.29 is 8.22 Å². The summed E-state index contributed by atoms with van der Waals surface area (Å²) in [6.45, 7) is 1.75. The van der Waals surface area contributed by atoms with Crippen molar-refractivity contribution in [3.8, 4) is 0 Å². The Labute approximate surface area is 43.8 Å². The molecule has 0 rings (SSSR count). The average Bonchev–Trinajstić information content (AvgIpc) is 1.61. The number of hydrogen-bond donors (Lipinski definition) is 0. The van der Waals surface area contributed by atoms with Gasteiger partial charge in [-0.3, -0.25) is 8.22 Å². The first-order valence-electron chi connectivity index (χ1n) is 2.16. The third-order valence-electron chi connectivity index (χ3n) is 0.550. The fourth-order valence-electron chi connectivity index (χ4n) is 0.239. The molecule has 0 fully saturated rings. The lowest BCUT2D eigenvalue weighted by Gasteiger charge is -1.82. The van der Waals surface area contributed by atoms with Crippen LogP contribution in [0, 0.1) is 0 Å². The van der Waals surface area contributed by atoms with Crippen molar-refractivity contribution in [2.45, 2.75) is 13.0 Å². The third kappa shape index (κ3) is 5.82. The van der Waals surface area contributed by atoms with E-state index in [-0.39, 0.29) is 6.04 Å². The van der Waals surface area contributed by atoms with Crippen molar-refractivity contribution in [3.05, 3.63) is 12.2 Å². The summed E-state index contributed by atoms with van der Waals surface area (Å²) < 4.78 is 22.6. The van der Waals surface area contributed by atoms with Gasteiger partial charge in [-0.25, -0.2) is 0 Å². The summed E-state index contributed by atoms with van der Waals surface area (Å²) in [6, 6.07) is 0.0243. The van der Waals surface area contributed by atoms with E-state index in [1.54, 1.807) is 13.0 Å². The highest BCUT2D eigenvalue weighted by atomic mass is 28.4. The largest absolute Gasteiger partial charge is 0.415 e. The molecule has 0 aliphatic carbocycles. The minimum Gasteiger partial charge on any atom is -0.274 e. The van der Waals surface area contributed by atoms with Crippen LogP contribution in [0.25, 0.3) is 0 Å². The number of hydrogen-bond acceptors (Lipinski definition) is 0. The molecule has 0 atom stereocenters. The van der Waals surface area contributed by atoms with Crippen LogP contribution in [0.3, 0.4) is 0 Å². The number of halogens is 2. The van der Waals surface area contributed by atoms with E-state index >= 15 is 0 Å². The molecule has 0 radical (unpaired) electrons. The van der Waals surface area contributed by atoms with Crippen molar-refractivity contribution in [3.63, 3.8) is 0 Å². The Morgan fingerprint density at radius 3 is 2.29 bits per heavy atom. The van der Waals surface area contributed by atoms with Crippen LogP contribution in [0.4, 0.5) is 8.22 Å². The van der Waals surface area contributed by atoms with Crippen molar-refractivity contribution >= 4 is 9.46 Å². The summed E-state index contributed by atoms with van der Waals surface area (Å²) in [7, 11) is -3.27. The highest BCUT2D eigenvalue weighted by molar-refractivity contribution is 6.43.